The number of alkyl halides is 3. The Labute approximate surface area is 119 Å². The highest BCUT2D eigenvalue weighted by atomic mass is 19.4. The lowest BCUT2D eigenvalue weighted by molar-refractivity contribution is -0.275. The fraction of sp³-hybridized carbons (Fsp3) is 0.500. The molecule has 6 nitrogen and oxygen atoms in total. The molecule has 118 valence electrons. The van der Waals surface area contributed by atoms with Gasteiger partial charge >= 0.3 is 12.3 Å². The van der Waals surface area contributed by atoms with Crippen molar-refractivity contribution in [3.8, 4) is 11.5 Å². The number of nitrogens with zero attached hydrogens (tertiary/aromatic N) is 1. The van der Waals surface area contributed by atoms with E-state index in [1.165, 1.54) is 0 Å². The lowest BCUT2D eigenvalue weighted by Crippen LogP contribution is -2.21. The van der Waals surface area contributed by atoms with E-state index in [0.717, 1.165) is 13.3 Å². The van der Waals surface area contributed by atoms with Crippen LogP contribution < -0.4 is 15.2 Å². The van der Waals surface area contributed by atoms with Crippen LogP contribution in [-0.2, 0) is 22.5 Å². The highest BCUT2D eigenvalue weighted by molar-refractivity contribution is 5.74. The van der Waals surface area contributed by atoms with Gasteiger partial charge in [0.15, 0.2) is 11.5 Å². The van der Waals surface area contributed by atoms with Gasteiger partial charge in [0.1, 0.15) is 0 Å². The van der Waals surface area contributed by atoms with Gasteiger partial charge in [-0.3, -0.25) is 9.78 Å². The highest BCUT2D eigenvalue weighted by Gasteiger charge is 2.35. The number of halogens is 3. The maximum absolute atomic E-state index is 12.5. The first-order valence-corrected chi connectivity index (χ1v) is 5.98. The molecule has 0 aliphatic heterocycles. The lowest BCUT2D eigenvalue weighted by Gasteiger charge is -2.17. The molecule has 0 radical (unpaired) electrons. The van der Waals surface area contributed by atoms with Crippen molar-refractivity contribution >= 4 is 5.97 Å². The van der Waals surface area contributed by atoms with Gasteiger partial charge in [-0.1, -0.05) is 0 Å². The summed E-state index contributed by atoms with van der Waals surface area (Å²) in [6, 6.07) is 0. The van der Waals surface area contributed by atoms with Gasteiger partial charge in [-0.15, -0.1) is 13.2 Å². The lowest BCUT2D eigenvalue weighted by atomic mass is 10.1. The number of pyridine rings is 1. The van der Waals surface area contributed by atoms with E-state index in [4.69, 9.17) is 15.2 Å². The number of rotatable bonds is 6. The number of nitrogens with two attached hydrogens (primary N) is 1. The van der Waals surface area contributed by atoms with Crippen molar-refractivity contribution < 1.29 is 32.2 Å². The Hall–Kier alpha value is -2.03. The van der Waals surface area contributed by atoms with Gasteiger partial charge < -0.3 is 19.9 Å². The Bertz CT molecular complexity index is 506. The molecule has 0 bridgehead atoms. The minimum Gasteiger partial charge on any atom is -0.491 e. The summed E-state index contributed by atoms with van der Waals surface area (Å²) in [6.45, 7) is 1.55. The maximum atomic E-state index is 12.5. The molecule has 9 heteroatoms. The molecule has 0 aliphatic rings. The van der Waals surface area contributed by atoms with Crippen molar-refractivity contribution in [2.24, 2.45) is 5.73 Å². The molecule has 0 saturated carbocycles. The van der Waals surface area contributed by atoms with Crippen LogP contribution in [0, 0.1) is 0 Å². The largest absolute Gasteiger partial charge is 0.573 e. The standard InChI is InChI=1S/C12H15F3N2O4/c1-3-20-9(18)4-7-6-17-8(5-16)11(19-2)10(7)21-12(13,14)15/h6H,3-5,16H2,1-2H3. The molecule has 0 spiro atoms. The topological polar surface area (TPSA) is 83.7 Å². The van der Waals surface area contributed by atoms with Crippen LogP contribution in [0.15, 0.2) is 6.20 Å². The second-order valence-electron chi connectivity index (χ2n) is 3.83. The van der Waals surface area contributed by atoms with Gasteiger partial charge in [-0.05, 0) is 6.92 Å². The predicted octanol–water partition coefficient (Wildman–Crippen LogP) is 1.55. The second-order valence-corrected chi connectivity index (χ2v) is 3.83. The fourth-order valence-electron chi connectivity index (χ4n) is 1.63. The summed E-state index contributed by atoms with van der Waals surface area (Å²) >= 11 is 0. The number of carbonyl (C=O) groups is 1. The average molecular weight is 308 g/mol. The van der Waals surface area contributed by atoms with Crippen molar-refractivity contribution in [1.82, 2.24) is 4.98 Å². The molecule has 1 aromatic rings. The van der Waals surface area contributed by atoms with E-state index in [1.807, 2.05) is 0 Å². The van der Waals surface area contributed by atoms with Crippen LogP contribution in [0.1, 0.15) is 18.2 Å². The third-order valence-corrected chi connectivity index (χ3v) is 2.39. The van der Waals surface area contributed by atoms with E-state index in [9.17, 15) is 18.0 Å². The number of ether oxygens (including phenoxy) is 3. The van der Waals surface area contributed by atoms with Crippen molar-refractivity contribution in [3.05, 3.63) is 17.5 Å². The highest BCUT2D eigenvalue weighted by Crippen LogP contribution is 2.37. The summed E-state index contributed by atoms with van der Waals surface area (Å²) in [5.74, 6) is -1.58. The molecule has 0 fully saturated rings. The third-order valence-electron chi connectivity index (χ3n) is 2.39. The first kappa shape index (κ1) is 17.0. The Balaban J connectivity index is 3.25. The third kappa shape index (κ3) is 4.78. The predicted molar refractivity (Wildman–Crippen MR) is 65.7 cm³/mol. The van der Waals surface area contributed by atoms with Gasteiger partial charge in [0, 0.05) is 18.3 Å². The summed E-state index contributed by atoms with van der Waals surface area (Å²) in [7, 11) is 1.16. The molecule has 0 amide bonds. The summed E-state index contributed by atoms with van der Waals surface area (Å²) in [6.07, 6.45) is -4.28. The normalized spacial score (nSPS) is 11.1. The van der Waals surface area contributed by atoms with E-state index >= 15 is 0 Å². The van der Waals surface area contributed by atoms with Crippen LogP contribution in [0.2, 0.25) is 0 Å². The van der Waals surface area contributed by atoms with E-state index < -0.39 is 24.5 Å². The van der Waals surface area contributed by atoms with Crippen LogP contribution in [0.25, 0.3) is 0 Å². The number of aromatic nitrogens is 1. The van der Waals surface area contributed by atoms with Gasteiger partial charge in [-0.25, -0.2) is 0 Å². The van der Waals surface area contributed by atoms with Crippen LogP contribution in [0.3, 0.4) is 0 Å². The molecule has 0 unspecified atom stereocenters. The number of esters is 1. The summed E-state index contributed by atoms with van der Waals surface area (Å²) in [5, 5.41) is 0. The zero-order valence-electron chi connectivity index (χ0n) is 11.5. The average Bonchev–Trinajstić information content (AvgIpc) is 2.39. The molecule has 1 rings (SSSR count). The number of methoxy groups -OCH3 is 1. The first-order valence-electron chi connectivity index (χ1n) is 5.98. The zero-order chi connectivity index (χ0) is 16.0. The van der Waals surface area contributed by atoms with Gasteiger partial charge in [0.25, 0.3) is 0 Å². The van der Waals surface area contributed by atoms with Crippen molar-refractivity contribution in [3.63, 3.8) is 0 Å². The molecule has 0 atom stereocenters. The summed E-state index contributed by atoms with van der Waals surface area (Å²) < 4.78 is 51.1. The molecule has 0 aromatic carbocycles. The van der Waals surface area contributed by atoms with Crippen LogP contribution >= 0.6 is 0 Å². The zero-order valence-corrected chi connectivity index (χ0v) is 11.5. The number of hydrogen-bond donors (Lipinski definition) is 1. The SMILES string of the molecule is CCOC(=O)Cc1cnc(CN)c(OC)c1OC(F)(F)F. The Morgan fingerprint density at radius 1 is 1.38 bits per heavy atom. The molecule has 1 heterocycles. The van der Waals surface area contributed by atoms with Crippen molar-refractivity contribution in [2.75, 3.05) is 13.7 Å². The minimum atomic E-state index is -4.94. The quantitative estimate of drug-likeness (QED) is 0.803. The van der Waals surface area contributed by atoms with Gasteiger partial charge in [0.2, 0.25) is 0 Å². The molecule has 0 aliphatic carbocycles. The maximum Gasteiger partial charge on any atom is 0.573 e. The number of carbonyl (C=O) groups excluding carboxylic acids is 1. The summed E-state index contributed by atoms with van der Waals surface area (Å²) in [4.78, 5) is 15.3. The molecule has 1 aromatic heterocycles. The molecule has 0 saturated heterocycles. The van der Waals surface area contributed by atoms with Crippen LogP contribution in [-0.4, -0.2) is 31.0 Å². The molecule has 21 heavy (non-hydrogen) atoms. The molecular weight excluding hydrogens is 293 g/mol. The van der Waals surface area contributed by atoms with Crippen molar-refractivity contribution in [1.29, 1.82) is 0 Å². The van der Waals surface area contributed by atoms with E-state index in [-0.39, 0.29) is 30.2 Å². The molecular formula is C12H15F3N2O4. The Kier molecular flexibility index (Phi) is 5.77. The smallest absolute Gasteiger partial charge is 0.491 e. The fourth-order valence-corrected chi connectivity index (χ4v) is 1.63. The van der Waals surface area contributed by atoms with Gasteiger partial charge in [0.05, 0.1) is 25.8 Å². The van der Waals surface area contributed by atoms with E-state index in [0.29, 0.717) is 0 Å². The van der Waals surface area contributed by atoms with E-state index in [1.54, 1.807) is 6.92 Å². The minimum absolute atomic E-state index is 0.0874. The monoisotopic (exact) mass is 308 g/mol. The van der Waals surface area contributed by atoms with Gasteiger partial charge in [-0.2, -0.15) is 0 Å². The Morgan fingerprint density at radius 2 is 2.05 bits per heavy atom. The molecule has 2 N–H and O–H groups in total. The van der Waals surface area contributed by atoms with Crippen LogP contribution in [0.4, 0.5) is 13.2 Å². The van der Waals surface area contributed by atoms with Crippen molar-refractivity contribution in [2.45, 2.75) is 26.3 Å². The Morgan fingerprint density at radius 3 is 2.52 bits per heavy atom. The summed E-state index contributed by atoms with van der Waals surface area (Å²) in [5.41, 5.74) is 5.38. The first-order chi connectivity index (χ1) is 9.82. The second kappa shape index (κ2) is 7.11. The van der Waals surface area contributed by atoms with E-state index in [2.05, 4.69) is 9.72 Å². The van der Waals surface area contributed by atoms with Crippen LogP contribution in [0.5, 0.6) is 11.5 Å². The number of hydrogen-bond acceptors (Lipinski definition) is 6.